The van der Waals surface area contributed by atoms with Gasteiger partial charge in [0.25, 0.3) is 5.91 Å². The van der Waals surface area contributed by atoms with Gasteiger partial charge in [-0.2, -0.15) is 0 Å². The predicted molar refractivity (Wildman–Crippen MR) is 107 cm³/mol. The Morgan fingerprint density at radius 2 is 1.77 bits per heavy atom. The molecule has 2 saturated carbocycles. The van der Waals surface area contributed by atoms with Crippen LogP contribution in [0.3, 0.4) is 0 Å². The molecule has 1 saturated heterocycles. The van der Waals surface area contributed by atoms with E-state index in [4.69, 9.17) is 9.26 Å². The zero-order valence-electron chi connectivity index (χ0n) is 16.9. The van der Waals surface area contributed by atoms with E-state index in [1.165, 1.54) is 17.0 Å². The van der Waals surface area contributed by atoms with Crippen molar-refractivity contribution >= 4 is 35.2 Å². The Morgan fingerprint density at radius 1 is 1.13 bits per heavy atom. The molecule has 3 amide bonds. The number of rotatable bonds is 5. The number of hydrogen-bond donors (Lipinski definition) is 1. The molecule has 1 N–H and O–H groups in total. The fourth-order valence-electron chi connectivity index (χ4n) is 5.23. The summed E-state index contributed by atoms with van der Waals surface area (Å²) in [5.74, 6) is -0.462. The minimum Gasteiger partial charge on any atom is -0.452 e. The molecule has 1 aromatic heterocycles. The fourth-order valence-corrected chi connectivity index (χ4v) is 5.23. The smallest absolute Gasteiger partial charge is 0.338 e. The molecular weight excluding hydrogens is 402 g/mol. The minimum absolute atomic E-state index is 0.128. The normalized spacial score (nSPS) is 26.3. The number of nitrogens with one attached hydrogen (secondary N) is 1. The molecule has 31 heavy (non-hydrogen) atoms. The summed E-state index contributed by atoms with van der Waals surface area (Å²) in [7, 11) is 0. The number of hydrogen-bond acceptors (Lipinski definition) is 7. The molecule has 2 heterocycles. The highest BCUT2D eigenvalue weighted by Crippen LogP contribution is 2.56. The second-order valence-electron chi connectivity index (χ2n) is 8.39. The second-order valence-corrected chi connectivity index (χ2v) is 8.39. The molecule has 9 nitrogen and oxygen atoms in total. The first-order valence-corrected chi connectivity index (χ1v) is 10.3. The van der Waals surface area contributed by atoms with E-state index in [0.29, 0.717) is 23.3 Å². The molecule has 0 radical (unpaired) electrons. The lowest BCUT2D eigenvalue weighted by molar-refractivity contribution is -0.123. The Balaban J connectivity index is 1.21. The van der Waals surface area contributed by atoms with E-state index in [0.717, 1.165) is 19.3 Å². The van der Waals surface area contributed by atoms with Crippen molar-refractivity contribution in [3.8, 4) is 0 Å². The summed E-state index contributed by atoms with van der Waals surface area (Å²) in [5.41, 5.74) is 0.674. The second kappa shape index (κ2) is 7.33. The van der Waals surface area contributed by atoms with Crippen LogP contribution in [0, 0.1) is 30.6 Å². The molecule has 4 atom stereocenters. The van der Waals surface area contributed by atoms with Crippen molar-refractivity contribution in [1.29, 1.82) is 0 Å². The number of esters is 1. The van der Waals surface area contributed by atoms with Gasteiger partial charge in [-0.1, -0.05) is 5.16 Å². The van der Waals surface area contributed by atoms with E-state index < -0.39 is 18.5 Å². The Kier molecular flexibility index (Phi) is 4.60. The Labute approximate surface area is 177 Å². The number of ether oxygens (including phenoxy) is 1. The SMILES string of the molecule is Cc1cc(NC(=O)COC(=O)c2ccc(N3C(=O)[C@@H]4[C@H]5CC[C@@H](C5)[C@H]4C3=O)cc2)no1. The number of carbonyl (C=O) groups is 4. The summed E-state index contributed by atoms with van der Waals surface area (Å²) in [4.78, 5) is 51.1. The highest BCUT2D eigenvalue weighted by molar-refractivity contribution is 6.22. The summed E-state index contributed by atoms with van der Waals surface area (Å²) in [5, 5.41) is 6.08. The first-order chi connectivity index (χ1) is 14.9. The summed E-state index contributed by atoms with van der Waals surface area (Å²) < 4.78 is 9.86. The maximum absolute atomic E-state index is 12.9. The average molecular weight is 423 g/mol. The molecule has 0 unspecified atom stereocenters. The number of anilines is 2. The standard InChI is InChI=1S/C22H21N3O6/c1-11-8-16(24-31-11)23-17(26)10-30-22(29)12-4-6-15(7-5-12)25-20(27)18-13-2-3-14(9-13)19(18)21(25)28/h4-8,13-14,18-19H,2-3,9-10H2,1H3,(H,23,24,26)/t13-,14-,18+,19+/m0/s1. The van der Waals surface area contributed by atoms with Crippen LogP contribution in [0.2, 0.25) is 0 Å². The van der Waals surface area contributed by atoms with Crippen molar-refractivity contribution in [3.05, 3.63) is 41.7 Å². The topological polar surface area (TPSA) is 119 Å². The van der Waals surface area contributed by atoms with Crippen LogP contribution < -0.4 is 10.2 Å². The van der Waals surface area contributed by atoms with Crippen LogP contribution >= 0.6 is 0 Å². The van der Waals surface area contributed by atoms with Crippen LogP contribution in [0.5, 0.6) is 0 Å². The van der Waals surface area contributed by atoms with Gasteiger partial charge in [0.2, 0.25) is 11.8 Å². The van der Waals surface area contributed by atoms with Gasteiger partial charge in [-0.3, -0.25) is 19.3 Å². The number of amides is 3. The zero-order valence-corrected chi connectivity index (χ0v) is 16.9. The summed E-state index contributed by atoms with van der Waals surface area (Å²) in [6.07, 6.45) is 3.02. The molecule has 9 heteroatoms. The van der Waals surface area contributed by atoms with E-state index in [1.807, 2.05) is 0 Å². The average Bonchev–Trinajstić information content (AvgIpc) is 3.52. The number of nitrogens with zero attached hydrogens (tertiary/aromatic N) is 2. The third-order valence-corrected chi connectivity index (χ3v) is 6.52. The van der Waals surface area contributed by atoms with E-state index in [2.05, 4.69) is 10.5 Å². The van der Waals surface area contributed by atoms with Gasteiger partial charge in [-0.25, -0.2) is 4.79 Å². The lowest BCUT2D eigenvalue weighted by Crippen LogP contribution is -2.32. The van der Waals surface area contributed by atoms with Gasteiger partial charge in [0.15, 0.2) is 12.4 Å². The van der Waals surface area contributed by atoms with Crippen molar-refractivity contribution in [2.24, 2.45) is 23.7 Å². The van der Waals surface area contributed by atoms with Crippen molar-refractivity contribution in [2.75, 3.05) is 16.8 Å². The number of benzene rings is 1. The molecule has 160 valence electrons. The fraction of sp³-hybridized carbons (Fsp3) is 0.409. The van der Waals surface area contributed by atoms with Crippen LogP contribution in [0.25, 0.3) is 0 Å². The van der Waals surface area contributed by atoms with Gasteiger partial charge >= 0.3 is 5.97 Å². The van der Waals surface area contributed by atoms with Crippen LogP contribution in [0.15, 0.2) is 34.9 Å². The third kappa shape index (κ3) is 3.30. The Hall–Kier alpha value is -3.49. The molecule has 2 bridgehead atoms. The van der Waals surface area contributed by atoms with Gasteiger partial charge in [0, 0.05) is 6.07 Å². The van der Waals surface area contributed by atoms with Crippen LogP contribution in [-0.2, 0) is 19.1 Å². The van der Waals surface area contributed by atoms with Gasteiger partial charge < -0.3 is 14.6 Å². The predicted octanol–water partition coefficient (Wildman–Crippen LogP) is 2.31. The molecule has 2 aromatic rings. The largest absolute Gasteiger partial charge is 0.452 e. The van der Waals surface area contributed by atoms with Gasteiger partial charge in [0.05, 0.1) is 23.1 Å². The Bertz CT molecular complexity index is 1050. The minimum atomic E-state index is -0.688. The lowest BCUT2D eigenvalue weighted by Gasteiger charge is -2.19. The van der Waals surface area contributed by atoms with Crippen LogP contribution in [0.1, 0.15) is 35.4 Å². The Morgan fingerprint density at radius 3 is 2.35 bits per heavy atom. The van der Waals surface area contributed by atoms with E-state index >= 15 is 0 Å². The van der Waals surface area contributed by atoms with Gasteiger partial charge in [0.1, 0.15) is 5.76 Å². The van der Waals surface area contributed by atoms with E-state index in [-0.39, 0.29) is 35.0 Å². The number of fused-ring (bicyclic) bond motifs is 5. The lowest BCUT2D eigenvalue weighted by atomic mass is 9.81. The summed E-state index contributed by atoms with van der Waals surface area (Å²) in [6.45, 7) is 1.20. The van der Waals surface area contributed by atoms with Crippen molar-refractivity contribution in [3.63, 3.8) is 0 Å². The molecule has 1 aromatic carbocycles. The molecule has 1 aliphatic heterocycles. The molecule has 3 fully saturated rings. The third-order valence-electron chi connectivity index (χ3n) is 6.52. The molecule has 2 aliphatic carbocycles. The van der Waals surface area contributed by atoms with E-state index in [1.54, 1.807) is 25.1 Å². The maximum atomic E-state index is 12.9. The number of imide groups is 1. The summed E-state index contributed by atoms with van der Waals surface area (Å²) >= 11 is 0. The van der Waals surface area contributed by atoms with Crippen molar-refractivity contribution in [1.82, 2.24) is 5.16 Å². The highest BCUT2D eigenvalue weighted by atomic mass is 16.5. The highest BCUT2D eigenvalue weighted by Gasteiger charge is 2.61. The van der Waals surface area contributed by atoms with Gasteiger partial charge in [-0.15, -0.1) is 0 Å². The van der Waals surface area contributed by atoms with Gasteiger partial charge in [-0.05, 0) is 62.3 Å². The maximum Gasteiger partial charge on any atom is 0.338 e. The quantitative estimate of drug-likeness (QED) is 0.579. The van der Waals surface area contributed by atoms with Crippen LogP contribution in [-0.4, -0.2) is 35.5 Å². The van der Waals surface area contributed by atoms with E-state index in [9.17, 15) is 19.2 Å². The number of aryl methyl sites for hydroxylation is 1. The van der Waals surface area contributed by atoms with Crippen molar-refractivity contribution in [2.45, 2.75) is 26.2 Å². The molecule has 0 spiro atoms. The monoisotopic (exact) mass is 423 g/mol. The molecule has 3 aliphatic rings. The molecule has 5 rings (SSSR count). The first kappa shape index (κ1) is 19.5. The molecular formula is C22H21N3O6. The first-order valence-electron chi connectivity index (χ1n) is 10.3. The number of carbonyl (C=O) groups excluding carboxylic acids is 4. The van der Waals surface area contributed by atoms with Crippen molar-refractivity contribution < 1.29 is 28.4 Å². The summed E-state index contributed by atoms with van der Waals surface area (Å²) in [6, 6.07) is 7.64. The zero-order chi connectivity index (χ0) is 21.7. The number of aromatic nitrogens is 1. The van der Waals surface area contributed by atoms with Crippen LogP contribution in [0.4, 0.5) is 11.5 Å².